The van der Waals surface area contributed by atoms with E-state index in [2.05, 4.69) is 38.7 Å². The molecular weight excluding hydrogens is 232 g/mol. The van der Waals surface area contributed by atoms with Crippen LogP contribution in [0, 0.1) is 24.2 Å². The van der Waals surface area contributed by atoms with Gasteiger partial charge in [-0.25, -0.2) is 0 Å². The van der Waals surface area contributed by atoms with E-state index in [0.29, 0.717) is 11.3 Å². The van der Waals surface area contributed by atoms with E-state index in [1.54, 1.807) is 0 Å². The van der Waals surface area contributed by atoms with Gasteiger partial charge in [0.05, 0.1) is 0 Å². The van der Waals surface area contributed by atoms with Crippen molar-refractivity contribution in [3.63, 3.8) is 0 Å². The molecule has 1 aliphatic carbocycles. The highest BCUT2D eigenvalue weighted by atomic mass is 14.7. The maximum absolute atomic E-state index is 6.45. The standard InChI is InChI=1S/C17H28N2/c1-12-9-14(11-19-10-12)16(18)13-5-7-15(8-6-13)17(2,3)4/h9-11,13,15-16H,5-8,18H2,1-4H3. The highest BCUT2D eigenvalue weighted by Crippen LogP contribution is 2.42. The Labute approximate surface area is 117 Å². The molecule has 0 amide bonds. The maximum atomic E-state index is 6.45. The molecule has 0 aliphatic heterocycles. The molecule has 0 saturated heterocycles. The summed E-state index contributed by atoms with van der Waals surface area (Å²) < 4.78 is 0. The second kappa shape index (κ2) is 5.62. The lowest BCUT2D eigenvalue weighted by molar-refractivity contribution is 0.139. The van der Waals surface area contributed by atoms with E-state index < -0.39 is 0 Å². The number of pyridine rings is 1. The van der Waals surface area contributed by atoms with Crippen molar-refractivity contribution in [1.82, 2.24) is 4.98 Å². The van der Waals surface area contributed by atoms with Crippen LogP contribution in [0.5, 0.6) is 0 Å². The molecule has 1 saturated carbocycles. The van der Waals surface area contributed by atoms with Crippen molar-refractivity contribution in [2.45, 2.75) is 59.4 Å². The van der Waals surface area contributed by atoms with Gasteiger partial charge in [0.2, 0.25) is 0 Å². The number of hydrogen-bond donors (Lipinski definition) is 1. The number of hydrogen-bond acceptors (Lipinski definition) is 2. The summed E-state index contributed by atoms with van der Waals surface area (Å²) in [6.07, 6.45) is 9.00. The first kappa shape index (κ1) is 14.5. The summed E-state index contributed by atoms with van der Waals surface area (Å²) in [7, 11) is 0. The third kappa shape index (κ3) is 3.56. The number of nitrogens with zero attached hydrogens (tertiary/aromatic N) is 1. The number of aromatic nitrogens is 1. The van der Waals surface area contributed by atoms with Crippen LogP contribution in [0.15, 0.2) is 18.5 Å². The van der Waals surface area contributed by atoms with Crippen molar-refractivity contribution < 1.29 is 0 Å². The molecule has 1 aromatic heterocycles. The Morgan fingerprint density at radius 3 is 2.32 bits per heavy atom. The summed E-state index contributed by atoms with van der Waals surface area (Å²) in [5, 5.41) is 0. The quantitative estimate of drug-likeness (QED) is 0.863. The summed E-state index contributed by atoms with van der Waals surface area (Å²) in [4.78, 5) is 4.27. The minimum absolute atomic E-state index is 0.160. The minimum Gasteiger partial charge on any atom is -0.324 e. The maximum Gasteiger partial charge on any atom is 0.0338 e. The molecule has 1 fully saturated rings. The van der Waals surface area contributed by atoms with E-state index in [0.717, 1.165) is 5.92 Å². The molecule has 2 nitrogen and oxygen atoms in total. The number of rotatable bonds is 2. The van der Waals surface area contributed by atoms with Crippen molar-refractivity contribution in [2.24, 2.45) is 23.0 Å². The number of nitrogens with two attached hydrogens (primary N) is 1. The van der Waals surface area contributed by atoms with Crippen LogP contribution in [-0.2, 0) is 0 Å². The van der Waals surface area contributed by atoms with Crippen LogP contribution in [0.25, 0.3) is 0 Å². The Morgan fingerprint density at radius 2 is 1.79 bits per heavy atom. The molecule has 1 heterocycles. The fourth-order valence-corrected chi connectivity index (χ4v) is 3.38. The SMILES string of the molecule is Cc1cncc(C(N)C2CCC(C(C)(C)C)CC2)c1. The van der Waals surface area contributed by atoms with E-state index in [1.807, 2.05) is 12.4 Å². The van der Waals surface area contributed by atoms with Crippen LogP contribution in [-0.4, -0.2) is 4.98 Å². The Balaban J connectivity index is 1.98. The van der Waals surface area contributed by atoms with Gasteiger partial charge >= 0.3 is 0 Å². The average molecular weight is 260 g/mol. The third-order valence-electron chi connectivity index (χ3n) is 4.79. The monoisotopic (exact) mass is 260 g/mol. The summed E-state index contributed by atoms with van der Waals surface area (Å²) in [5.74, 6) is 1.48. The van der Waals surface area contributed by atoms with Crippen molar-refractivity contribution in [2.75, 3.05) is 0 Å². The van der Waals surface area contributed by atoms with Crippen molar-refractivity contribution in [3.05, 3.63) is 29.6 Å². The second-order valence-electron chi connectivity index (χ2n) is 7.30. The molecule has 2 heteroatoms. The van der Waals surface area contributed by atoms with Crippen molar-refractivity contribution >= 4 is 0 Å². The largest absolute Gasteiger partial charge is 0.324 e. The Kier molecular flexibility index (Phi) is 4.29. The molecule has 1 unspecified atom stereocenters. The molecule has 1 aliphatic rings. The molecule has 1 atom stereocenters. The summed E-state index contributed by atoms with van der Waals surface area (Å²) in [6.45, 7) is 9.17. The van der Waals surface area contributed by atoms with E-state index in [1.165, 1.54) is 36.8 Å². The highest BCUT2D eigenvalue weighted by molar-refractivity contribution is 5.20. The summed E-state index contributed by atoms with van der Waals surface area (Å²) in [5.41, 5.74) is 9.31. The molecular formula is C17H28N2. The van der Waals surface area contributed by atoms with Crippen molar-refractivity contribution in [3.8, 4) is 0 Å². The van der Waals surface area contributed by atoms with Gasteiger partial charge in [0.25, 0.3) is 0 Å². The minimum atomic E-state index is 0.160. The summed E-state index contributed by atoms with van der Waals surface area (Å²) >= 11 is 0. The zero-order chi connectivity index (χ0) is 14.0. The highest BCUT2D eigenvalue weighted by Gasteiger charge is 2.32. The fourth-order valence-electron chi connectivity index (χ4n) is 3.38. The lowest BCUT2D eigenvalue weighted by atomic mass is 9.68. The molecule has 0 radical (unpaired) electrons. The first-order valence-corrected chi connectivity index (χ1v) is 7.55. The average Bonchev–Trinajstić information content (AvgIpc) is 2.37. The first-order chi connectivity index (χ1) is 8.88. The van der Waals surface area contributed by atoms with E-state index in [-0.39, 0.29) is 6.04 Å². The van der Waals surface area contributed by atoms with Crippen LogP contribution in [0.2, 0.25) is 0 Å². The van der Waals surface area contributed by atoms with E-state index in [4.69, 9.17) is 5.73 Å². The lowest BCUT2D eigenvalue weighted by Gasteiger charge is -2.38. The van der Waals surface area contributed by atoms with E-state index in [9.17, 15) is 0 Å². The lowest BCUT2D eigenvalue weighted by Crippen LogP contribution is -2.30. The smallest absolute Gasteiger partial charge is 0.0338 e. The first-order valence-electron chi connectivity index (χ1n) is 7.55. The third-order valence-corrected chi connectivity index (χ3v) is 4.79. The van der Waals surface area contributed by atoms with Gasteiger partial charge in [0.15, 0.2) is 0 Å². The number of aryl methyl sites for hydroxylation is 1. The predicted molar refractivity (Wildman–Crippen MR) is 80.8 cm³/mol. The van der Waals surface area contributed by atoms with Gasteiger partial charge in [-0.2, -0.15) is 0 Å². The van der Waals surface area contributed by atoms with Crippen LogP contribution in [0.1, 0.15) is 63.6 Å². The van der Waals surface area contributed by atoms with Gasteiger partial charge in [0.1, 0.15) is 0 Å². The van der Waals surface area contributed by atoms with Gasteiger partial charge in [-0.05, 0) is 61.0 Å². The molecule has 106 valence electrons. The van der Waals surface area contributed by atoms with Gasteiger partial charge < -0.3 is 5.73 Å². The molecule has 2 N–H and O–H groups in total. The van der Waals surface area contributed by atoms with Crippen LogP contribution in [0.3, 0.4) is 0 Å². The Bertz CT molecular complexity index is 412. The van der Waals surface area contributed by atoms with Gasteiger partial charge in [-0.1, -0.05) is 26.8 Å². The topological polar surface area (TPSA) is 38.9 Å². The van der Waals surface area contributed by atoms with Crippen molar-refractivity contribution in [1.29, 1.82) is 0 Å². The molecule has 0 bridgehead atoms. The van der Waals surface area contributed by atoms with Gasteiger partial charge in [-0.3, -0.25) is 4.98 Å². The second-order valence-corrected chi connectivity index (χ2v) is 7.30. The van der Waals surface area contributed by atoms with Gasteiger partial charge in [0, 0.05) is 18.4 Å². The summed E-state index contributed by atoms with van der Waals surface area (Å²) in [6, 6.07) is 2.35. The molecule has 0 spiro atoms. The fraction of sp³-hybridized carbons (Fsp3) is 0.706. The zero-order valence-electron chi connectivity index (χ0n) is 12.8. The molecule has 19 heavy (non-hydrogen) atoms. The molecule has 2 rings (SSSR count). The molecule has 1 aromatic rings. The van der Waals surface area contributed by atoms with Crippen LogP contribution >= 0.6 is 0 Å². The Hall–Kier alpha value is -0.890. The zero-order valence-corrected chi connectivity index (χ0v) is 12.8. The normalized spacial score (nSPS) is 26.2. The van der Waals surface area contributed by atoms with Crippen LogP contribution in [0.4, 0.5) is 0 Å². The van der Waals surface area contributed by atoms with E-state index >= 15 is 0 Å². The Morgan fingerprint density at radius 1 is 1.16 bits per heavy atom. The molecule has 0 aromatic carbocycles. The predicted octanol–water partition coefficient (Wildman–Crippen LogP) is 4.24. The van der Waals surface area contributed by atoms with Crippen LogP contribution < -0.4 is 5.73 Å². The van der Waals surface area contributed by atoms with Gasteiger partial charge in [-0.15, -0.1) is 0 Å².